The molecule has 35 heavy (non-hydrogen) atoms. The molecule has 1 aliphatic carbocycles. The number of imidazole rings is 1. The molecule has 7 nitrogen and oxygen atoms in total. The van der Waals surface area contributed by atoms with Crippen LogP contribution in [0.2, 0.25) is 0 Å². The lowest BCUT2D eigenvalue weighted by Crippen LogP contribution is -2.24. The van der Waals surface area contributed by atoms with E-state index in [1.807, 2.05) is 42.5 Å². The highest BCUT2D eigenvalue weighted by molar-refractivity contribution is 6.05. The second-order valence-electron chi connectivity index (χ2n) is 8.90. The lowest BCUT2D eigenvalue weighted by molar-refractivity contribution is -0.120. The zero-order chi connectivity index (χ0) is 24.2. The van der Waals surface area contributed by atoms with Crippen LogP contribution in [0.25, 0.3) is 22.4 Å². The van der Waals surface area contributed by atoms with Gasteiger partial charge in [0.05, 0.1) is 18.1 Å². The molecule has 178 valence electrons. The van der Waals surface area contributed by atoms with E-state index >= 15 is 0 Å². The van der Waals surface area contributed by atoms with Crippen molar-refractivity contribution in [2.45, 2.75) is 32.1 Å². The number of anilines is 2. The third-order valence-electron chi connectivity index (χ3n) is 6.49. The van der Waals surface area contributed by atoms with E-state index in [9.17, 15) is 9.59 Å². The zero-order valence-electron chi connectivity index (χ0n) is 19.6. The van der Waals surface area contributed by atoms with Gasteiger partial charge in [0.1, 0.15) is 11.6 Å². The minimum atomic E-state index is -0.197. The Morgan fingerprint density at radius 1 is 0.886 bits per heavy atom. The summed E-state index contributed by atoms with van der Waals surface area (Å²) in [4.78, 5) is 33.1. The first kappa shape index (κ1) is 22.7. The molecular weight excluding hydrogens is 440 g/mol. The predicted molar refractivity (Wildman–Crippen MR) is 138 cm³/mol. The molecule has 1 aliphatic rings. The average Bonchev–Trinajstić information content (AvgIpc) is 3.33. The third-order valence-corrected chi connectivity index (χ3v) is 6.49. The van der Waals surface area contributed by atoms with Crippen molar-refractivity contribution in [2.75, 3.05) is 17.7 Å². The maximum atomic E-state index is 12.6. The molecule has 0 radical (unpaired) electrons. The predicted octanol–water partition coefficient (Wildman–Crippen LogP) is 6.01. The summed E-state index contributed by atoms with van der Waals surface area (Å²) in [7, 11) is 1.59. The standard InChI is InChI=1S/C28H28N4O3/c1-35-23-14-9-20(10-15-23)28(34)30-22-13-16-24-25(17-22)32-26(31-24)18-7-11-21(12-8-18)29-27(33)19-5-3-2-4-6-19/h7-17,19H,2-6H2,1H3,(H,29,33)(H,30,34)(H,31,32). The van der Waals surface area contributed by atoms with Crippen LogP contribution in [0.3, 0.4) is 0 Å². The quantitative estimate of drug-likeness (QED) is 0.323. The first-order chi connectivity index (χ1) is 17.1. The van der Waals surface area contributed by atoms with Gasteiger partial charge in [-0.2, -0.15) is 0 Å². The summed E-state index contributed by atoms with van der Waals surface area (Å²) >= 11 is 0. The number of hydrogen-bond acceptors (Lipinski definition) is 4. The first-order valence-corrected chi connectivity index (χ1v) is 12.0. The summed E-state index contributed by atoms with van der Waals surface area (Å²) in [6, 6.07) is 20.2. The van der Waals surface area contributed by atoms with Crippen molar-refractivity contribution in [1.29, 1.82) is 0 Å². The fourth-order valence-corrected chi connectivity index (χ4v) is 4.49. The Kier molecular flexibility index (Phi) is 6.48. The molecule has 3 aromatic carbocycles. The summed E-state index contributed by atoms with van der Waals surface area (Å²) in [6.07, 6.45) is 5.45. The molecule has 1 saturated carbocycles. The molecule has 3 N–H and O–H groups in total. The van der Waals surface area contributed by atoms with Crippen LogP contribution in [0.4, 0.5) is 11.4 Å². The number of nitrogens with one attached hydrogen (secondary N) is 3. The maximum absolute atomic E-state index is 12.6. The summed E-state index contributed by atoms with van der Waals surface area (Å²) in [5, 5.41) is 5.97. The van der Waals surface area contributed by atoms with Crippen LogP contribution in [0, 0.1) is 5.92 Å². The fourth-order valence-electron chi connectivity index (χ4n) is 4.49. The molecule has 0 atom stereocenters. The van der Waals surface area contributed by atoms with Gasteiger partial charge in [0.2, 0.25) is 5.91 Å². The molecular formula is C28H28N4O3. The second kappa shape index (κ2) is 10.0. The Hall–Kier alpha value is -4.13. The van der Waals surface area contributed by atoms with Gasteiger partial charge in [-0.15, -0.1) is 0 Å². The van der Waals surface area contributed by atoms with E-state index in [0.29, 0.717) is 17.0 Å². The molecule has 1 aromatic heterocycles. The molecule has 4 aromatic rings. The van der Waals surface area contributed by atoms with E-state index in [1.54, 1.807) is 31.4 Å². The molecule has 0 saturated heterocycles. The molecule has 0 unspecified atom stereocenters. The Morgan fingerprint density at radius 2 is 1.60 bits per heavy atom. The number of ether oxygens (including phenoxy) is 1. The van der Waals surface area contributed by atoms with E-state index in [-0.39, 0.29) is 17.7 Å². The fraction of sp³-hybridized carbons (Fsp3) is 0.250. The lowest BCUT2D eigenvalue weighted by Gasteiger charge is -2.20. The summed E-state index contributed by atoms with van der Waals surface area (Å²) < 4.78 is 5.14. The normalized spacial score (nSPS) is 14.0. The number of benzene rings is 3. The van der Waals surface area contributed by atoms with Crippen LogP contribution in [0.1, 0.15) is 42.5 Å². The van der Waals surface area contributed by atoms with Gasteiger partial charge >= 0.3 is 0 Å². The van der Waals surface area contributed by atoms with Crippen molar-refractivity contribution in [1.82, 2.24) is 9.97 Å². The number of rotatable bonds is 6. The number of fused-ring (bicyclic) bond motifs is 1. The van der Waals surface area contributed by atoms with E-state index < -0.39 is 0 Å². The third kappa shape index (κ3) is 5.19. The minimum Gasteiger partial charge on any atom is -0.497 e. The van der Waals surface area contributed by atoms with Gasteiger partial charge in [-0.3, -0.25) is 9.59 Å². The Bertz CT molecular complexity index is 1340. The summed E-state index contributed by atoms with van der Waals surface area (Å²) in [5.41, 5.74) is 4.56. The van der Waals surface area contributed by atoms with E-state index in [4.69, 9.17) is 4.74 Å². The molecule has 0 bridgehead atoms. The van der Waals surface area contributed by atoms with Gasteiger partial charge in [0.15, 0.2) is 0 Å². The van der Waals surface area contributed by atoms with Gasteiger partial charge < -0.3 is 20.4 Å². The van der Waals surface area contributed by atoms with Gasteiger partial charge in [-0.25, -0.2) is 4.98 Å². The Balaban J connectivity index is 1.27. The van der Waals surface area contributed by atoms with Crippen LogP contribution in [0.5, 0.6) is 5.75 Å². The molecule has 0 aliphatic heterocycles. The number of amides is 2. The van der Waals surface area contributed by atoms with Crippen LogP contribution in [-0.2, 0) is 4.79 Å². The first-order valence-electron chi connectivity index (χ1n) is 12.0. The topological polar surface area (TPSA) is 96.1 Å². The SMILES string of the molecule is COc1ccc(C(=O)Nc2ccc3nc(-c4ccc(NC(=O)C5CCCCC5)cc4)[nH]c3c2)cc1. The lowest BCUT2D eigenvalue weighted by atomic mass is 9.88. The number of carbonyl (C=O) groups excluding carboxylic acids is 2. The van der Waals surface area contributed by atoms with Crippen molar-refractivity contribution in [3.63, 3.8) is 0 Å². The number of hydrogen-bond donors (Lipinski definition) is 3. The van der Waals surface area contributed by atoms with Gasteiger partial charge in [-0.1, -0.05) is 19.3 Å². The zero-order valence-corrected chi connectivity index (χ0v) is 19.6. The molecule has 1 fully saturated rings. The second-order valence-corrected chi connectivity index (χ2v) is 8.90. The van der Waals surface area contributed by atoms with Crippen molar-refractivity contribution in [3.05, 3.63) is 72.3 Å². The molecule has 7 heteroatoms. The molecule has 2 amide bonds. The van der Waals surface area contributed by atoms with Crippen LogP contribution < -0.4 is 15.4 Å². The van der Waals surface area contributed by atoms with Gasteiger partial charge in [-0.05, 0) is 79.6 Å². The highest BCUT2D eigenvalue weighted by Gasteiger charge is 2.21. The molecule has 0 spiro atoms. The van der Waals surface area contributed by atoms with Gasteiger partial charge in [0.25, 0.3) is 5.91 Å². The van der Waals surface area contributed by atoms with Crippen LogP contribution in [-0.4, -0.2) is 28.9 Å². The van der Waals surface area contributed by atoms with Crippen molar-refractivity contribution in [3.8, 4) is 17.1 Å². The van der Waals surface area contributed by atoms with Crippen LogP contribution in [0.15, 0.2) is 66.7 Å². The Morgan fingerprint density at radius 3 is 2.31 bits per heavy atom. The van der Waals surface area contributed by atoms with Crippen molar-refractivity contribution < 1.29 is 14.3 Å². The molecule has 5 rings (SSSR count). The number of carbonyl (C=O) groups is 2. The highest BCUT2D eigenvalue weighted by atomic mass is 16.5. The van der Waals surface area contributed by atoms with E-state index in [0.717, 1.165) is 53.8 Å². The summed E-state index contributed by atoms with van der Waals surface area (Å²) in [5.74, 6) is 1.47. The maximum Gasteiger partial charge on any atom is 0.255 e. The number of aromatic nitrogens is 2. The van der Waals surface area contributed by atoms with E-state index in [2.05, 4.69) is 20.6 Å². The van der Waals surface area contributed by atoms with E-state index in [1.165, 1.54) is 6.42 Å². The molecule has 1 heterocycles. The highest BCUT2D eigenvalue weighted by Crippen LogP contribution is 2.27. The average molecular weight is 469 g/mol. The number of H-pyrrole nitrogens is 1. The smallest absolute Gasteiger partial charge is 0.255 e. The largest absolute Gasteiger partial charge is 0.497 e. The number of nitrogens with zero attached hydrogens (tertiary/aromatic N) is 1. The number of methoxy groups -OCH3 is 1. The summed E-state index contributed by atoms with van der Waals surface area (Å²) in [6.45, 7) is 0. The monoisotopic (exact) mass is 468 g/mol. The van der Waals surface area contributed by atoms with Crippen molar-refractivity contribution >= 4 is 34.2 Å². The van der Waals surface area contributed by atoms with Gasteiger partial charge in [0, 0.05) is 28.4 Å². The van der Waals surface area contributed by atoms with Crippen LogP contribution >= 0.6 is 0 Å². The minimum absolute atomic E-state index is 0.116. The van der Waals surface area contributed by atoms with Crippen molar-refractivity contribution in [2.24, 2.45) is 5.92 Å². The number of aromatic amines is 1. The Labute approximate surface area is 203 Å².